The van der Waals surface area contributed by atoms with Gasteiger partial charge >= 0.3 is 0 Å². The van der Waals surface area contributed by atoms with Crippen molar-refractivity contribution in [2.45, 2.75) is 12.1 Å². The highest BCUT2D eigenvalue weighted by Gasteiger charge is 2.44. The number of ether oxygens (including phenoxy) is 1. The molecule has 5 rings (SSSR count). The first kappa shape index (κ1) is 21.3. The molecule has 1 aliphatic heterocycles. The molecule has 0 saturated heterocycles. The maximum atomic E-state index is 13.1. The number of aromatic nitrogens is 3. The average Bonchev–Trinajstić information content (AvgIpc) is 3.58. The summed E-state index contributed by atoms with van der Waals surface area (Å²) in [6.45, 7) is 0.0194. The third-order valence-corrected chi connectivity index (χ3v) is 5.84. The van der Waals surface area contributed by atoms with Gasteiger partial charge in [0.25, 0.3) is 11.8 Å². The molecule has 4 N–H and O–H groups in total. The van der Waals surface area contributed by atoms with E-state index in [1.54, 1.807) is 48.8 Å². The summed E-state index contributed by atoms with van der Waals surface area (Å²) in [5, 5.41) is 8.74. The predicted molar refractivity (Wildman–Crippen MR) is 119 cm³/mol. The van der Waals surface area contributed by atoms with E-state index in [0.29, 0.717) is 28.1 Å². The predicted octanol–water partition coefficient (Wildman–Crippen LogP) is 1.31. The van der Waals surface area contributed by atoms with Crippen molar-refractivity contribution in [3.8, 4) is 17.0 Å². The van der Waals surface area contributed by atoms with E-state index in [0.717, 1.165) is 11.1 Å². The van der Waals surface area contributed by atoms with E-state index in [9.17, 15) is 14.4 Å². The summed E-state index contributed by atoms with van der Waals surface area (Å²) in [6, 6.07) is 10.2. The number of nitrogens with zero attached hydrogens (tertiary/aromatic N) is 3. The van der Waals surface area contributed by atoms with Crippen LogP contribution in [0.1, 0.15) is 21.7 Å². The van der Waals surface area contributed by atoms with Crippen molar-refractivity contribution >= 4 is 29.3 Å². The Bertz CT molecular complexity index is 1410. The van der Waals surface area contributed by atoms with Crippen LogP contribution in [-0.4, -0.2) is 52.0 Å². The van der Waals surface area contributed by atoms with E-state index in [4.69, 9.17) is 14.9 Å². The minimum absolute atomic E-state index is 0.0695. The molecule has 4 heterocycles. The molecule has 0 unspecified atom stereocenters. The number of benzene rings is 1. The summed E-state index contributed by atoms with van der Waals surface area (Å²) < 4.78 is 11.1. The Hall–Kier alpha value is -4.51. The molecule has 0 spiro atoms. The summed E-state index contributed by atoms with van der Waals surface area (Å²) >= 11 is 0. The quantitative estimate of drug-likeness (QED) is 0.349. The highest BCUT2D eigenvalue weighted by Crippen LogP contribution is 2.32. The minimum atomic E-state index is -1.85. The molecule has 0 bridgehead atoms. The van der Waals surface area contributed by atoms with Gasteiger partial charge in [-0.25, -0.2) is 4.98 Å². The molecule has 0 saturated carbocycles. The van der Waals surface area contributed by atoms with Gasteiger partial charge in [0.15, 0.2) is 11.1 Å². The molecule has 3 amide bonds. The first-order valence-electron chi connectivity index (χ1n) is 10.3. The van der Waals surface area contributed by atoms with Crippen LogP contribution >= 0.6 is 0 Å². The Labute approximate surface area is 192 Å². The minimum Gasteiger partial charge on any atom is -0.497 e. The van der Waals surface area contributed by atoms with E-state index < -0.39 is 11.4 Å². The molecule has 1 aliphatic rings. The number of methoxy groups -OCH3 is 1. The Morgan fingerprint density at radius 2 is 2.21 bits per heavy atom. The normalized spacial score (nSPS) is 14.6. The van der Waals surface area contributed by atoms with Crippen LogP contribution in [0.2, 0.25) is 0 Å². The van der Waals surface area contributed by atoms with Crippen molar-refractivity contribution in [1.82, 2.24) is 25.4 Å². The third-order valence-electron chi connectivity index (χ3n) is 5.84. The number of nitrogens with two attached hydrogens (primary N) is 1. The monoisotopic (exact) mass is 460 g/mol. The molecule has 1 aromatic carbocycles. The Morgan fingerprint density at radius 1 is 1.35 bits per heavy atom. The van der Waals surface area contributed by atoms with Gasteiger partial charge in [-0.05, 0) is 29.8 Å². The molecular weight excluding hydrogens is 440 g/mol. The molecule has 0 fully saturated rings. The number of carbonyl (C=O) groups is 3. The fraction of sp³-hybridized carbons (Fsp3) is 0.174. The van der Waals surface area contributed by atoms with Gasteiger partial charge in [-0.1, -0.05) is 6.07 Å². The number of imide groups is 1. The van der Waals surface area contributed by atoms with E-state index in [-0.39, 0.29) is 31.2 Å². The van der Waals surface area contributed by atoms with E-state index in [1.165, 1.54) is 12.0 Å². The van der Waals surface area contributed by atoms with Crippen molar-refractivity contribution in [3.63, 3.8) is 0 Å². The molecule has 3 aromatic heterocycles. The lowest BCUT2D eigenvalue weighted by Crippen LogP contribution is -2.57. The second-order valence-electron chi connectivity index (χ2n) is 7.92. The number of amides is 3. The summed E-state index contributed by atoms with van der Waals surface area (Å²) in [6.07, 6.45) is 3.57. The van der Waals surface area contributed by atoms with Gasteiger partial charge in [0.2, 0.25) is 6.41 Å². The summed E-state index contributed by atoms with van der Waals surface area (Å²) in [7, 11) is 1.52. The number of pyridine rings is 1. The van der Waals surface area contributed by atoms with Crippen LogP contribution in [0.4, 0.5) is 0 Å². The maximum Gasteiger partial charge on any atom is 0.256 e. The van der Waals surface area contributed by atoms with Gasteiger partial charge in [0.1, 0.15) is 17.0 Å². The third kappa shape index (κ3) is 3.48. The van der Waals surface area contributed by atoms with Crippen LogP contribution in [0.15, 0.2) is 53.2 Å². The number of furan rings is 1. The summed E-state index contributed by atoms with van der Waals surface area (Å²) in [5.74, 6) is -0.500. The number of H-pyrrole nitrogens is 1. The number of hydrogen-bond acceptors (Lipinski definition) is 8. The van der Waals surface area contributed by atoms with Crippen LogP contribution in [0.3, 0.4) is 0 Å². The van der Waals surface area contributed by atoms with Crippen LogP contribution in [0, 0.1) is 0 Å². The smallest absolute Gasteiger partial charge is 0.256 e. The lowest BCUT2D eigenvalue weighted by atomic mass is 9.95. The first-order valence-corrected chi connectivity index (χ1v) is 10.3. The molecule has 4 aromatic rings. The van der Waals surface area contributed by atoms with E-state index in [2.05, 4.69) is 20.5 Å². The number of nitrogens with one attached hydrogen (secondary N) is 2. The fourth-order valence-electron chi connectivity index (χ4n) is 4.04. The van der Waals surface area contributed by atoms with Gasteiger partial charge in [0, 0.05) is 29.9 Å². The topological polar surface area (TPSA) is 156 Å². The summed E-state index contributed by atoms with van der Waals surface area (Å²) in [5.41, 5.74) is 8.23. The number of fused-ring (bicyclic) bond motifs is 2. The molecule has 0 radical (unpaired) electrons. The van der Waals surface area contributed by atoms with Gasteiger partial charge in [-0.15, -0.1) is 0 Å². The zero-order chi connectivity index (χ0) is 23.9. The molecule has 0 aliphatic carbocycles. The Morgan fingerprint density at radius 3 is 2.94 bits per heavy atom. The number of rotatable bonds is 7. The van der Waals surface area contributed by atoms with Crippen LogP contribution in [-0.2, 0) is 21.7 Å². The van der Waals surface area contributed by atoms with Gasteiger partial charge < -0.3 is 19.8 Å². The zero-order valence-corrected chi connectivity index (χ0v) is 18.1. The molecule has 1 atom stereocenters. The Kier molecular flexibility index (Phi) is 5.10. The van der Waals surface area contributed by atoms with Crippen LogP contribution in [0.25, 0.3) is 22.4 Å². The lowest BCUT2D eigenvalue weighted by Gasteiger charge is -2.29. The SMILES string of the molecule is COc1ccc2c(c1)C(=O)N(C[C@@](N)(C(=O)NC=O)c1cc3nc(-c4cn[nH]c4)ccc3o1)C2. The number of carbonyl (C=O) groups excluding carboxylic acids is 3. The van der Waals surface area contributed by atoms with Crippen molar-refractivity contribution < 1.29 is 23.5 Å². The van der Waals surface area contributed by atoms with E-state index in [1.807, 2.05) is 0 Å². The van der Waals surface area contributed by atoms with Crippen molar-refractivity contribution in [3.05, 3.63) is 65.7 Å². The second-order valence-corrected chi connectivity index (χ2v) is 7.92. The van der Waals surface area contributed by atoms with Gasteiger partial charge in [-0.3, -0.25) is 24.8 Å². The zero-order valence-electron chi connectivity index (χ0n) is 18.1. The van der Waals surface area contributed by atoms with Crippen molar-refractivity contribution in [2.24, 2.45) is 5.73 Å². The average molecular weight is 460 g/mol. The lowest BCUT2D eigenvalue weighted by molar-refractivity contribution is -0.130. The first-order chi connectivity index (χ1) is 16.4. The van der Waals surface area contributed by atoms with Gasteiger partial charge in [0.05, 0.1) is 25.5 Å². The van der Waals surface area contributed by atoms with Crippen LogP contribution < -0.4 is 15.8 Å². The molecule has 172 valence electrons. The molecule has 11 nitrogen and oxygen atoms in total. The Balaban J connectivity index is 1.51. The van der Waals surface area contributed by atoms with Crippen molar-refractivity contribution in [1.29, 1.82) is 0 Å². The molecule has 34 heavy (non-hydrogen) atoms. The van der Waals surface area contributed by atoms with Crippen molar-refractivity contribution in [2.75, 3.05) is 13.7 Å². The number of hydrogen-bond donors (Lipinski definition) is 3. The second kappa shape index (κ2) is 8.12. The fourth-order valence-corrected chi connectivity index (χ4v) is 4.04. The standard InChI is InChI=1S/C23H20N6O5/c1-33-15-3-2-13-10-29(21(31)16(13)6-15)11-23(24,22(32)25-12-30)20-7-18-19(34-20)5-4-17(28-18)14-8-26-27-9-14/h2-9,12H,10-11,24H2,1H3,(H,26,27)(H,25,30,32)/t23-/m0/s1. The van der Waals surface area contributed by atoms with Gasteiger partial charge in [-0.2, -0.15) is 5.10 Å². The highest BCUT2D eigenvalue weighted by atomic mass is 16.5. The maximum absolute atomic E-state index is 13.1. The highest BCUT2D eigenvalue weighted by molar-refractivity contribution is 6.00. The number of aromatic amines is 1. The van der Waals surface area contributed by atoms with Crippen LogP contribution in [0.5, 0.6) is 5.75 Å². The largest absolute Gasteiger partial charge is 0.497 e. The molecule has 11 heteroatoms. The molecular formula is C23H20N6O5. The summed E-state index contributed by atoms with van der Waals surface area (Å²) in [4.78, 5) is 43.1. The van der Waals surface area contributed by atoms with E-state index >= 15 is 0 Å².